The van der Waals surface area contributed by atoms with Crippen LogP contribution in [0.15, 0.2) is 23.2 Å². The number of nitrogens with zero attached hydrogens (tertiary/aromatic N) is 2. The van der Waals surface area contributed by atoms with Gasteiger partial charge in [-0.25, -0.2) is 0 Å². The topological polar surface area (TPSA) is 89.5 Å². The quantitative estimate of drug-likeness (QED) is 0.828. The number of carbonyl (C=O) groups is 2. The molecule has 0 aliphatic carbocycles. The normalized spacial score (nSPS) is 21.7. The van der Waals surface area contributed by atoms with Gasteiger partial charge in [-0.1, -0.05) is 17.8 Å². The lowest BCUT2D eigenvalue weighted by Crippen LogP contribution is -2.39. The molecular weight excluding hydrogens is 358 g/mol. The van der Waals surface area contributed by atoms with Gasteiger partial charge in [-0.3, -0.25) is 9.59 Å². The lowest BCUT2D eigenvalue weighted by molar-refractivity contribution is -0.124. The van der Waals surface area contributed by atoms with Crippen LogP contribution in [0.2, 0.25) is 0 Å². The first kappa shape index (κ1) is 17.2. The highest BCUT2D eigenvalue weighted by Gasteiger charge is 2.33. The van der Waals surface area contributed by atoms with E-state index in [0.29, 0.717) is 36.4 Å². The predicted molar refractivity (Wildman–Crippen MR) is 95.2 cm³/mol. The minimum Gasteiger partial charge on any atom is -0.454 e. The SMILES string of the molecule is O=C(C[C@H]1SC(N2CCOCC2)=NC1=O)NCc1ccc2c(c1)OCO2. The fourth-order valence-electron chi connectivity index (χ4n) is 2.89. The molecule has 0 unspecified atom stereocenters. The third-order valence-electron chi connectivity index (χ3n) is 4.31. The number of aliphatic imine (C=N–C) groups is 1. The summed E-state index contributed by atoms with van der Waals surface area (Å²) < 4.78 is 15.9. The second-order valence-corrected chi connectivity index (χ2v) is 7.28. The molecule has 26 heavy (non-hydrogen) atoms. The molecule has 3 heterocycles. The van der Waals surface area contributed by atoms with Crippen molar-refractivity contribution in [2.24, 2.45) is 4.99 Å². The van der Waals surface area contributed by atoms with Gasteiger partial charge >= 0.3 is 0 Å². The zero-order valence-corrected chi connectivity index (χ0v) is 14.9. The molecule has 2 amide bonds. The highest BCUT2D eigenvalue weighted by Crippen LogP contribution is 2.32. The maximum atomic E-state index is 12.2. The van der Waals surface area contributed by atoms with Crippen LogP contribution in [0, 0.1) is 0 Å². The van der Waals surface area contributed by atoms with Crippen LogP contribution in [-0.4, -0.2) is 60.2 Å². The Labute approximate surface area is 154 Å². The van der Waals surface area contributed by atoms with Gasteiger partial charge in [-0.05, 0) is 17.7 Å². The largest absolute Gasteiger partial charge is 0.454 e. The summed E-state index contributed by atoms with van der Waals surface area (Å²) in [6, 6.07) is 5.54. The Morgan fingerprint density at radius 1 is 1.27 bits per heavy atom. The van der Waals surface area contributed by atoms with Crippen molar-refractivity contribution in [3.63, 3.8) is 0 Å². The number of hydrogen-bond donors (Lipinski definition) is 1. The zero-order valence-electron chi connectivity index (χ0n) is 14.1. The number of hydrogen-bond acceptors (Lipinski definition) is 7. The highest BCUT2D eigenvalue weighted by molar-refractivity contribution is 8.15. The summed E-state index contributed by atoms with van der Waals surface area (Å²) in [5.74, 6) is 0.976. The average Bonchev–Trinajstić information content (AvgIpc) is 3.27. The molecule has 0 saturated carbocycles. The summed E-state index contributed by atoms with van der Waals surface area (Å²) in [4.78, 5) is 30.4. The second-order valence-electron chi connectivity index (χ2n) is 6.11. The summed E-state index contributed by atoms with van der Waals surface area (Å²) in [6.45, 7) is 3.31. The summed E-state index contributed by atoms with van der Waals surface area (Å²) in [7, 11) is 0. The van der Waals surface area contributed by atoms with Gasteiger partial charge < -0.3 is 24.4 Å². The summed E-state index contributed by atoms with van der Waals surface area (Å²) in [6.07, 6.45) is 0.116. The van der Waals surface area contributed by atoms with E-state index >= 15 is 0 Å². The van der Waals surface area contributed by atoms with Crippen molar-refractivity contribution in [3.8, 4) is 11.5 Å². The fourth-order valence-corrected chi connectivity index (χ4v) is 4.01. The summed E-state index contributed by atoms with van der Waals surface area (Å²) in [5, 5.41) is 3.09. The van der Waals surface area contributed by atoms with Crippen molar-refractivity contribution in [1.29, 1.82) is 0 Å². The molecule has 8 nitrogen and oxygen atoms in total. The number of amidine groups is 1. The van der Waals surface area contributed by atoms with Crippen LogP contribution >= 0.6 is 11.8 Å². The van der Waals surface area contributed by atoms with Gasteiger partial charge in [0.05, 0.1) is 13.2 Å². The van der Waals surface area contributed by atoms with Crippen LogP contribution in [0.25, 0.3) is 0 Å². The fraction of sp³-hybridized carbons (Fsp3) is 0.471. The second kappa shape index (κ2) is 7.55. The lowest BCUT2D eigenvalue weighted by atomic mass is 10.2. The summed E-state index contributed by atoms with van der Waals surface area (Å²) in [5.41, 5.74) is 0.915. The molecule has 138 valence electrons. The predicted octanol–water partition coefficient (Wildman–Crippen LogP) is 0.752. The van der Waals surface area contributed by atoms with Crippen LogP contribution in [0.4, 0.5) is 0 Å². The monoisotopic (exact) mass is 377 g/mol. The maximum Gasteiger partial charge on any atom is 0.262 e. The van der Waals surface area contributed by atoms with E-state index in [2.05, 4.69) is 10.3 Å². The molecule has 1 saturated heterocycles. The van der Waals surface area contributed by atoms with Gasteiger partial charge in [0.25, 0.3) is 5.91 Å². The molecule has 3 aliphatic heterocycles. The third-order valence-corrected chi connectivity index (χ3v) is 5.52. The molecule has 4 rings (SSSR count). The van der Waals surface area contributed by atoms with Gasteiger partial charge in [-0.15, -0.1) is 0 Å². The van der Waals surface area contributed by atoms with E-state index in [9.17, 15) is 9.59 Å². The Bertz CT molecular complexity index is 748. The molecular formula is C17H19N3O5S. The summed E-state index contributed by atoms with van der Waals surface area (Å²) >= 11 is 1.37. The van der Waals surface area contributed by atoms with Gasteiger partial charge in [0.1, 0.15) is 5.25 Å². The average molecular weight is 377 g/mol. The molecule has 1 N–H and O–H groups in total. The Morgan fingerprint density at radius 2 is 2.08 bits per heavy atom. The van der Waals surface area contributed by atoms with Crippen molar-refractivity contribution in [3.05, 3.63) is 23.8 Å². The highest BCUT2D eigenvalue weighted by atomic mass is 32.2. The molecule has 1 fully saturated rings. The van der Waals surface area contributed by atoms with E-state index in [1.165, 1.54) is 11.8 Å². The van der Waals surface area contributed by atoms with Crippen LogP contribution < -0.4 is 14.8 Å². The number of benzene rings is 1. The van der Waals surface area contributed by atoms with Gasteiger partial charge in [0, 0.05) is 26.1 Å². The number of amides is 2. The van der Waals surface area contributed by atoms with Crippen LogP contribution in [-0.2, 0) is 20.9 Å². The number of nitrogens with one attached hydrogen (secondary N) is 1. The van der Waals surface area contributed by atoms with Crippen molar-refractivity contribution in [1.82, 2.24) is 10.2 Å². The van der Waals surface area contributed by atoms with Crippen molar-refractivity contribution in [2.75, 3.05) is 33.1 Å². The lowest BCUT2D eigenvalue weighted by Gasteiger charge is -2.27. The first-order valence-electron chi connectivity index (χ1n) is 8.46. The molecule has 0 aromatic heterocycles. The van der Waals surface area contributed by atoms with Crippen molar-refractivity contribution < 1.29 is 23.8 Å². The van der Waals surface area contributed by atoms with Gasteiger partial charge in [0.15, 0.2) is 16.7 Å². The Hall–Kier alpha value is -2.26. The number of rotatable bonds is 4. The van der Waals surface area contributed by atoms with E-state index < -0.39 is 5.25 Å². The first-order chi connectivity index (χ1) is 12.7. The molecule has 1 aromatic carbocycles. The molecule has 0 radical (unpaired) electrons. The van der Waals surface area contributed by atoms with E-state index in [1.807, 2.05) is 23.1 Å². The zero-order chi connectivity index (χ0) is 17.9. The van der Waals surface area contributed by atoms with E-state index in [4.69, 9.17) is 14.2 Å². The Kier molecular flexibility index (Phi) is 4.98. The molecule has 1 atom stereocenters. The number of fused-ring (bicyclic) bond motifs is 1. The Morgan fingerprint density at radius 3 is 2.92 bits per heavy atom. The van der Waals surface area contributed by atoms with Crippen molar-refractivity contribution in [2.45, 2.75) is 18.2 Å². The molecule has 0 spiro atoms. The van der Waals surface area contributed by atoms with E-state index in [0.717, 1.165) is 18.7 Å². The number of carbonyl (C=O) groups excluding carboxylic acids is 2. The minimum atomic E-state index is -0.454. The van der Waals surface area contributed by atoms with Crippen LogP contribution in [0.1, 0.15) is 12.0 Å². The minimum absolute atomic E-state index is 0.116. The van der Waals surface area contributed by atoms with Gasteiger partial charge in [0.2, 0.25) is 12.7 Å². The standard InChI is InChI=1S/C17H19N3O5S/c21-15(18-9-11-1-2-12-13(7-11)25-10-24-12)8-14-16(22)19-17(26-14)20-3-5-23-6-4-20/h1-2,7,14H,3-6,8-10H2,(H,18,21)/t14-/m1/s1. The van der Waals surface area contributed by atoms with Crippen molar-refractivity contribution >= 4 is 28.7 Å². The number of ether oxygens (including phenoxy) is 3. The third kappa shape index (κ3) is 3.78. The molecule has 3 aliphatic rings. The smallest absolute Gasteiger partial charge is 0.262 e. The molecule has 9 heteroatoms. The number of morpholine rings is 1. The molecule has 0 bridgehead atoms. The number of thioether (sulfide) groups is 1. The van der Waals surface area contributed by atoms with E-state index in [-0.39, 0.29) is 25.0 Å². The van der Waals surface area contributed by atoms with Gasteiger partial charge in [-0.2, -0.15) is 4.99 Å². The van der Waals surface area contributed by atoms with E-state index in [1.54, 1.807) is 0 Å². The molecule has 1 aromatic rings. The Balaban J connectivity index is 1.26. The van der Waals surface area contributed by atoms with Crippen LogP contribution in [0.5, 0.6) is 11.5 Å². The maximum absolute atomic E-state index is 12.2. The van der Waals surface area contributed by atoms with Crippen LogP contribution in [0.3, 0.4) is 0 Å². The first-order valence-corrected chi connectivity index (χ1v) is 9.34.